The van der Waals surface area contributed by atoms with Crippen LogP contribution >= 0.6 is 0 Å². The molecule has 1 aliphatic carbocycles. The zero-order valence-electron chi connectivity index (χ0n) is 15.6. The van der Waals surface area contributed by atoms with Crippen molar-refractivity contribution < 1.29 is 18.0 Å². The first-order valence-electron chi connectivity index (χ1n) is 9.55. The first kappa shape index (κ1) is 19.7. The average Bonchev–Trinajstić information content (AvgIpc) is 3.28. The Balaban J connectivity index is 1.58. The van der Waals surface area contributed by atoms with Crippen LogP contribution in [0, 0.1) is 0 Å². The lowest BCUT2D eigenvalue weighted by molar-refractivity contribution is -0.127. The number of rotatable bonds is 6. The van der Waals surface area contributed by atoms with Gasteiger partial charge in [0.05, 0.1) is 10.1 Å². The number of urea groups is 1. The summed E-state index contributed by atoms with van der Waals surface area (Å²) in [5.41, 5.74) is 0.441. The largest absolute Gasteiger partial charge is 0.341 e. The smallest absolute Gasteiger partial charge is 0.319 e. The monoisotopic (exact) mass is 393 g/mol. The van der Waals surface area contributed by atoms with E-state index in [4.69, 9.17) is 0 Å². The van der Waals surface area contributed by atoms with Crippen LogP contribution in [0.4, 0.5) is 10.5 Å². The minimum Gasteiger partial charge on any atom is -0.341 e. The Labute approximate surface area is 160 Å². The lowest BCUT2D eigenvalue weighted by Gasteiger charge is -2.22. The summed E-state index contributed by atoms with van der Waals surface area (Å²) < 4.78 is 25.4. The van der Waals surface area contributed by atoms with Crippen LogP contribution in [0.25, 0.3) is 0 Å². The molecular weight excluding hydrogens is 366 g/mol. The first-order valence-corrected chi connectivity index (χ1v) is 11.1. The van der Waals surface area contributed by atoms with E-state index in [9.17, 15) is 18.0 Å². The molecule has 2 N–H and O–H groups in total. The molecule has 1 saturated carbocycles. The van der Waals surface area contributed by atoms with Gasteiger partial charge >= 0.3 is 6.03 Å². The zero-order chi connectivity index (χ0) is 19.4. The number of carbonyl (C=O) groups is 2. The number of nitrogens with one attached hydrogen (secondary N) is 2. The highest BCUT2D eigenvalue weighted by Gasteiger charge is 2.30. The van der Waals surface area contributed by atoms with E-state index in [-0.39, 0.29) is 22.1 Å². The number of sulfone groups is 1. The number of anilines is 1. The van der Waals surface area contributed by atoms with Crippen molar-refractivity contribution in [2.75, 3.05) is 18.4 Å². The molecule has 0 radical (unpaired) electrons. The number of hydrogen-bond donors (Lipinski definition) is 2. The van der Waals surface area contributed by atoms with E-state index in [1.165, 1.54) is 6.07 Å². The Kier molecular flexibility index (Phi) is 6.04. The SMILES string of the molecule is CC(CN1CCCC1=O)NC(=O)Nc1cccc(S(=O)(=O)C2CCCC2)c1. The Morgan fingerprint density at radius 3 is 2.67 bits per heavy atom. The van der Waals surface area contributed by atoms with Crippen molar-refractivity contribution in [2.24, 2.45) is 0 Å². The van der Waals surface area contributed by atoms with E-state index in [0.29, 0.717) is 31.5 Å². The Hall–Kier alpha value is -2.09. The first-order chi connectivity index (χ1) is 12.9. The fraction of sp³-hybridized carbons (Fsp3) is 0.579. The molecule has 7 nitrogen and oxygen atoms in total. The number of likely N-dealkylation sites (tertiary alicyclic amines) is 1. The third kappa shape index (κ3) is 4.80. The lowest BCUT2D eigenvalue weighted by Crippen LogP contribution is -2.44. The number of hydrogen-bond acceptors (Lipinski definition) is 4. The van der Waals surface area contributed by atoms with Gasteiger partial charge in [-0.2, -0.15) is 0 Å². The molecule has 27 heavy (non-hydrogen) atoms. The Morgan fingerprint density at radius 2 is 2.00 bits per heavy atom. The third-order valence-corrected chi connectivity index (χ3v) is 7.46. The van der Waals surface area contributed by atoms with E-state index < -0.39 is 15.9 Å². The van der Waals surface area contributed by atoms with E-state index in [0.717, 1.165) is 25.8 Å². The second-order valence-corrected chi connectivity index (χ2v) is 9.65. The van der Waals surface area contributed by atoms with Gasteiger partial charge in [-0.15, -0.1) is 0 Å². The van der Waals surface area contributed by atoms with Crippen molar-refractivity contribution >= 4 is 27.5 Å². The number of benzene rings is 1. The summed E-state index contributed by atoms with van der Waals surface area (Å²) in [6.07, 6.45) is 4.73. The standard InChI is InChI=1S/C19H27N3O4S/c1-14(13-22-11-5-10-18(22)23)20-19(24)21-15-6-4-9-17(12-15)27(25,26)16-7-2-3-8-16/h4,6,9,12,14,16H,2-3,5,7-8,10-11,13H2,1H3,(H2,20,21,24). The summed E-state index contributed by atoms with van der Waals surface area (Å²) in [5, 5.41) is 5.17. The molecule has 1 atom stereocenters. The van der Waals surface area contributed by atoms with Crippen molar-refractivity contribution in [1.29, 1.82) is 0 Å². The second-order valence-electron chi connectivity index (χ2n) is 7.42. The highest BCUT2D eigenvalue weighted by molar-refractivity contribution is 7.92. The summed E-state index contributed by atoms with van der Waals surface area (Å²) in [6, 6.07) is 5.80. The molecular formula is C19H27N3O4S. The van der Waals surface area contributed by atoms with Gasteiger partial charge in [0.25, 0.3) is 0 Å². The Bertz CT molecular complexity index is 803. The summed E-state index contributed by atoms with van der Waals surface area (Å²) in [6.45, 7) is 3.04. The van der Waals surface area contributed by atoms with Crippen LogP contribution in [0.15, 0.2) is 29.2 Å². The molecule has 2 aliphatic rings. The van der Waals surface area contributed by atoms with Gasteiger partial charge in [0.2, 0.25) is 5.91 Å². The maximum atomic E-state index is 12.7. The van der Waals surface area contributed by atoms with Crippen LogP contribution in [-0.4, -0.2) is 49.6 Å². The summed E-state index contributed by atoms with van der Waals surface area (Å²) in [5.74, 6) is 0.119. The van der Waals surface area contributed by atoms with Gasteiger partial charge < -0.3 is 15.5 Å². The van der Waals surface area contributed by atoms with Gasteiger partial charge in [-0.3, -0.25) is 4.79 Å². The normalized spacial score (nSPS) is 19.3. The lowest BCUT2D eigenvalue weighted by atomic mass is 10.3. The third-order valence-electron chi connectivity index (χ3n) is 5.20. The van der Waals surface area contributed by atoms with E-state index in [1.54, 1.807) is 23.1 Å². The van der Waals surface area contributed by atoms with E-state index in [2.05, 4.69) is 10.6 Å². The van der Waals surface area contributed by atoms with Gasteiger partial charge in [-0.05, 0) is 44.4 Å². The number of carbonyl (C=O) groups excluding carboxylic acids is 2. The fourth-order valence-corrected chi connectivity index (χ4v) is 5.70. The van der Waals surface area contributed by atoms with Crippen LogP contribution in [-0.2, 0) is 14.6 Å². The van der Waals surface area contributed by atoms with Crippen LogP contribution < -0.4 is 10.6 Å². The zero-order valence-corrected chi connectivity index (χ0v) is 16.4. The molecule has 3 rings (SSSR count). The van der Waals surface area contributed by atoms with Crippen molar-refractivity contribution in [3.8, 4) is 0 Å². The van der Waals surface area contributed by atoms with Gasteiger partial charge in [0.15, 0.2) is 9.84 Å². The molecule has 1 unspecified atom stereocenters. The van der Waals surface area contributed by atoms with Crippen molar-refractivity contribution in [2.45, 2.75) is 61.6 Å². The van der Waals surface area contributed by atoms with Gasteiger partial charge in [-0.25, -0.2) is 13.2 Å². The molecule has 3 amide bonds. The molecule has 0 aromatic heterocycles. The topological polar surface area (TPSA) is 95.6 Å². The minimum absolute atomic E-state index is 0.119. The maximum absolute atomic E-state index is 12.7. The minimum atomic E-state index is -3.36. The second kappa shape index (κ2) is 8.29. The molecule has 1 aliphatic heterocycles. The van der Waals surface area contributed by atoms with Crippen LogP contribution in [0.1, 0.15) is 45.4 Å². The number of amides is 3. The van der Waals surface area contributed by atoms with Crippen molar-refractivity contribution in [3.63, 3.8) is 0 Å². The molecule has 1 aromatic carbocycles. The van der Waals surface area contributed by atoms with Crippen LogP contribution in [0.2, 0.25) is 0 Å². The molecule has 148 valence electrons. The molecule has 2 fully saturated rings. The number of nitrogens with zero attached hydrogens (tertiary/aromatic N) is 1. The van der Waals surface area contributed by atoms with Crippen molar-refractivity contribution in [1.82, 2.24) is 10.2 Å². The highest BCUT2D eigenvalue weighted by Crippen LogP contribution is 2.30. The quantitative estimate of drug-likeness (QED) is 0.776. The van der Waals surface area contributed by atoms with Gasteiger partial charge in [0.1, 0.15) is 0 Å². The summed E-state index contributed by atoms with van der Waals surface area (Å²) in [4.78, 5) is 25.9. The van der Waals surface area contributed by atoms with Crippen molar-refractivity contribution in [3.05, 3.63) is 24.3 Å². The van der Waals surface area contributed by atoms with E-state index in [1.807, 2.05) is 6.92 Å². The van der Waals surface area contributed by atoms with Gasteiger partial charge in [-0.1, -0.05) is 18.9 Å². The maximum Gasteiger partial charge on any atom is 0.319 e. The van der Waals surface area contributed by atoms with Crippen LogP contribution in [0.5, 0.6) is 0 Å². The molecule has 1 saturated heterocycles. The fourth-order valence-electron chi connectivity index (χ4n) is 3.81. The van der Waals surface area contributed by atoms with Gasteiger partial charge in [0, 0.05) is 31.2 Å². The molecule has 0 bridgehead atoms. The highest BCUT2D eigenvalue weighted by atomic mass is 32.2. The molecule has 0 spiro atoms. The molecule has 1 aromatic rings. The Morgan fingerprint density at radius 1 is 1.26 bits per heavy atom. The van der Waals surface area contributed by atoms with E-state index >= 15 is 0 Å². The molecule has 1 heterocycles. The average molecular weight is 394 g/mol. The summed E-state index contributed by atoms with van der Waals surface area (Å²) in [7, 11) is -3.36. The predicted molar refractivity (Wildman–Crippen MR) is 103 cm³/mol. The van der Waals surface area contributed by atoms with Crippen LogP contribution in [0.3, 0.4) is 0 Å². The molecule has 8 heteroatoms. The summed E-state index contributed by atoms with van der Waals surface area (Å²) >= 11 is 0. The predicted octanol–water partition coefficient (Wildman–Crippen LogP) is 2.54.